The third-order valence-corrected chi connectivity index (χ3v) is 3.82. The number of nitrogens with zero attached hydrogens (tertiary/aromatic N) is 2. The standard InChI is InChI=1S/C16H23Cl3N4O2/c1-4-20-16(21-6-5-14(24)23(2)3)22-7-8-25-15-12(18)9-11(17)10-13(15)19/h9-10H,4-8H2,1-3H3,(H2,20,21,22). The molecule has 1 amide bonds. The van der Waals surface area contributed by atoms with Gasteiger partial charge in [-0.25, -0.2) is 0 Å². The van der Waals surface area contributed by atoms with Crippen LogP contribution in [0.5, 0.6) is 5.75 Å². The summed E-state index contributed by atoms with van der Waals surface area (Å²) in [5.41, 5.74) is 0. The molecule has 0 aromatic heterocycles. The lowest BCUT2D eigenvalue weighted by molar-refractivity contribution is -0.128. The highest BCUT2D eigenvalue weighted by atomic mass is 35.5. The Morgan fingerprint density at radius 2 is 1.84 bits per heavy atom. The van der Waals surface area contributed by atoms with Crippen LogP contribution in [0.1, 0.15) is 13.3 Å². The van der Waals surface area contributed by atoms with Crippen molar-refractivity contribution >= 4 is 46.7 Å². The van der Waals surface area contributed by atoms with E-state index in [4.69, 9.17) is 39.5 Å². The zero-order valence-corrected chi connectivity index (χ0v) is 16.8. The molecule has 1 aromatic rings. The van der Waals surface area contributed by atoms with Crippen molar-refractivity contribution in [1.29, 1.82) is 0 Å². The van der Waals surface area contributed by atoms with Crippen LogP contribution in [-0.4, -0.2) is 57.1 Å². The van der Waals surface area contributed by atoms with Crippen molar-refractivity contribution < 1.29 is 9.53 Å². The zero-order valence-electron chi connectivity index (χ0n) is 14.5. The molecule has 0 saturated heterocycles. The average molecular weight is 410 g/mol. The van der Waals surface area contributed by atoms with Gasteiger partial charge in [0.25, 0.3) is 0 Å². The molecule has 1 rings (SSSR count). The Morgan fingerprint density at radius 3 is 2.40 bits per heavy atom. The van der Waals surface area contributed by atoms with Crippen molar-refractivity contribution in [2.24, 2.45) is 4.99 Å². The lowest BCUT2D eigenvalue weighted by atomic mass is 10.3. The molecule has 0 heterocycles. The van der Waals surface area contributed by atoms with Crippen LogP contribution in [0.4, 0.5) is 0 Å². The number of rotatable bonds is 8. The first-order valence-electron chi connectivity index (χ1n) is 7.84. The van der Waals surface area contributed by atoms with Crippen LogP contribution in [0.3, 0.4) is 0 Å². The summed E-state index contributed by atoms with van der Waals surface area (Å²) in [4.78, 5) is 17.4. The fourth-order valence-electron chi connectivity index (χ4n) is 1.82. The monoisotopic (exact) mass is 408 g/mol. The maximum Gasteiger partial charge on any atom is 0.223 e. The lowest BCUT2D eigenvalue weighted by Crippen LogP contribution is -2.39. The fraction of sp³-hybridized carbons (Fsp3) is 0.500. The smallest absolute Gasteiger partial charge is 0.223 e. The first-order valence-corrected chi connectivity index (χ1v) is 8.98. The normalized spacial score (nSPS) is 11.2. The zero-order chi connectivity index (χ0) is 18.8. The number of carbonyl (C=O) groups is 1. The molecule has 0 bridgehead atoms. The first kappa shape index (κ1) is 21.7. The van der Waals surface area contributed by atoms with Gasteiger partial charge in [-0.2, -0.15) is 0 Å². The summed E-state index contributed by atoms with van der Waals surface area (Å²) in [6, 6.07) is 3.15. The van der Waals surface area contributed by atoms with E-state index in [1.807, 2.05) is 6.92 Å². The van der Waals surface area contributed by atoms with E-state index in [0.29, 0.717) is 59.4 Å². The molecule has 0 atom stereocenters. The van der Waals surface area contributed by atoms with Gasteiger partial charge in [0.05, 0.1) is 23.1 Å². The molecule has 0 spiro atoms. The van der Waals surface area contributed by atoms with Crippen LogP contribution in [0.2, 0.25) is 15.1 Å². The molecule has 0 saturated carbocycles. The summed E-state index contributed by atoms with van der Waals surface area (Å²) in [7, 11) is 3.44. The predicted octanol–water partition coefficient (Wildman–Crippen LogP) is 3.06. The number of aliphatic imine (C=N–C) groups is 1. The second-order valence-electron chi connectivity index (χ2n) is 5.27. The van der Waals surface area contributed by atoms with Gasteiger partial charge in [0.1, 0.15) is 6.61 Å². The number of nitrogens with one attached hydrogen (secondary N) is 2. The van der Waals surface area contributed by atoms with Gasteiger partial charge in [0.2, 0.25) is 5.91 Å². The van der Waals surface area contributed by atoms with Crippen LogP contribution >= 0.6 is 34.8 Å². The summed E-state index contributed by atoms with van der Waals surface area (Å²) >= 11 is 18.0. The van der Waals surface area contributed by atoms with Gasteiger partial charge in [0.15, 0.2) is 11.7 Å². The van der Waals surface area contributed by atoms with Gasteiger partial charge >= 0.3 is 0 Å². The molecule has 140 valence electrons. The molecule has 0 radical (unpaired) electrons. The van der Waals surface area contributed by atoms with Crippen LogP contribution in [0, 0.1) is 0 Å². The fourth-order valence-corrected chi connectivity index (χ4v) is 2.74. The number of ether oxygens (including phenoxy) is 1. The van der Waals surface area contributed by atoms with Crippen LogP contribution in [0.25, 0.3) is 0 Å². The van der Waals surface area contributed by atoms with Crippen molar-refractivity contribution in [3.8, 4) is 5.75 Å². The van der Waals surface area contributed by atoms with E-state index in [9.17, 15) is 4.79 Å². The maximum absolute atomic E-state index is 11.5. The van der Waals surface area contributed by atoms with E-state index >= 15 is 0 Å². The van der Waals surface area contributed by atoms with E-state index < -0.39 is 0 Å². The molecular formula is C16H23Cl3N4O2. The van der Waals surface area contributed by atoms with Gasteiger partial charge in [-0.15, -0.1) is 0 Å². The maximum atomic E-state index is 11.5. The van der Waals surface area contributed by atoms with Crippen molar-refractivity contribution in [3.05, 3.63) is 27.2 Å². The first-order chi connectivity index (χ1) is 11.8. The lowest BCUT2D eigenvalue weighted by Gasteiger charge is -2.14. The van der Waals surface area contributed by atoms with E-state index in [-0.39, 0.29) is 5.91 Å². The number of amides is 1. The number of carbonyl (C=O) groups excluding carboxylic acids is 1. The van der Waals surface area contributed by atoms with Crippen LogP contribution < -0.4 is 15.4 Å². The molecule has 0 aliphatic carbocycles. The second-order valence-corrected chi connectivity index (χ2v) is 6.52. The Hall–Kier alpha value is -1.37. The van der Waals surface area contributed by atoms with Gasteiger partial charge in [-0.05, 0) is 19.1 Å². The summed E-state index contributed by atoms with van der Waals surface area (Å²) < 4.78 is 5.60. The molecule has 1 aromatic carbocycles. The van der Waals surface area contributed by atoms with Crippen molar-refractivity contribution in [2.45, 2.75) is 13.3 Å². The predicted molar refractivity (Wildman–Crippen MR) is 104 cm³/mol. The van der Waals surface area contributed by atoms with Gasteiger partial charge in [0, 0.05) is 32.1 Å². The van der Waals surface area contributed by atoms with Crippen molar-refractivity contribution in [3.63, 3.8) is 0 Å². The number of guanidine groups is 1. The SMILES string of the molecule is CCNC(=NCCC(=O)N(C)C)NCCOc1c(Cl)cc(Cl)cc1Cl. The highest BCUT2D eigenvalue weighted by Crippen LogP contribution is 2.35. The Kier molecular flexibility index (Phi) is 9.78. The molecule has 9 heteroatoms. The second kappa shape index (κ2) is 11.3. The minimum atomic E-state index is 0.0370. The van der Waals surface area contributed by atoms with Crippen LogP contribution in [0.15, 0.2) is 17.1 Å². The Labute approximate surface area is 163 Å². The number of benzene rings is 1. The summed E-state index contributed by atoms with van der Waals surface area (Å²) in [6.07, 6.45) is 0.357. The quantitative estimate of drug-likeness (QED) is 0.393. The molecule has 25 heavy (non-hydrogen) atoms. The van der Waals surface area contributed by atoms with E-state index in [2.05, 4.69) is 15.6 Å². The van der Waals surface area contributed by atoms with Crippen molar-refractivity contribution in [2.75, 3.05) is 40.3 Å². The number of hydrogen-bond acceptors (Lipinski definition) is 3. The summed E-state index contributed by atoms with van der Waals surface area (Å²) in [5.74, 6) is 1.05. The third-order valence-electron chi connectivity index (χ3n) is 3.04. The largest absolute Gasteiger partial charge is 0.489 e. The van der Waals surface area contributed by atoms with Crippen LogP contribution in [-0.2, 0) is 4.79 Å². The Bertz CT molecular complexity index is 586. The molecule has 0 unspecified atom stereocenters. The minimum Gasteiger partial charge on any atom is -0.489 e. The molecular weight excluding hydrogens is 387 g/mol. The molecule has 0 aliphatic rings. The average Bonchev–Trinajstić information content (AvgIpc) is 2.52. The molecule has 0 aliphatic heterocycles. The Morgan fingerprint density at radius 1 is 1.20 bits per heavy atom. The third kappa shape index (κ3) is 8.03. The molecule has 2 N–H and O–H groups in total. The number of halogens is 3. The topological polar surface area (TPSA) is 66.0 Å². The number of hydrogen-bond donors (Lipinski definition) is 2. The Balaban J connectivity index is 2.46. The summed E-state index contributed by atoms with van der Waals surface area (Å²) in [6.45, 7) is 3.90. The van der Waals surface area contributed by atoms with E-state index in [0.717, 1.165) is 0 Å². The van der Waals surface area contributed by atoms with Crippen molar-refractivity contribution in [1.82, 2.24) is 15.5 Å². The highest BCUT2D eigenvalue weighted by molar-refractivity contribution is 6.40. The van der Waals surface area contributed by atoms with Gasteiger partial charge in [-0.3, -0.25) is 9.79 Å². The highest BCUT2D eigenvalue weighted by Gasteiger charge is 2.09. The van der Waals surface area contributed by atoms with Gasteiger partial charge < -0.3 is 20.3 Å². The van der Waals surface area contributed by atoms with Gasteiger partial charge in [-0.1, -0.05) is 34.8 Å². The van der Waals surface area contributed by atoms with E-state index in [1.54, 1.807) is 31.1 Å². The van der Waals surface area contributed by atoms with E-state index in [1.165, 1.54) is 0 Å². The molecule has 0 fully saturated rings. The molecule has 6 nitrogen and oxygen atoms in total. The minimum absolute atomic E-state index is 0.0370. The summed E-state index contributed by atoms with van der Waals surface area (Å²) in [5, 5.41) is 7.40.